The lowest BCUT2D eigenvalue weighted by atomic mass is 9.79. The Hall–Kier alpha value is -8.20. The second-order valence-electron chi connectivity index (χ2n) is 17.7. The number of para-hydroxylation sites is 1. The van der Waals surface area contributed by atoms with Gasteiger partial charge in [-0.15, -0.1) is 0 Å². The van der Waals surface area contributed by atoms with Crippen molar-refractivity contribution in [1.82, 2.24) is 0 Å². The Labute approximate surface area is 379 Å². The zero-order valence-electron chi connectivity index (χ0n) is 36.4. The molecule has 0 bridgehead atoms. The van der Waals surface area contributed by atoms with E-state index in [4.69, 9.17) is 4.42 Å². The molecule has 0 spiro atoms. The summed E-state index contributed by atoms with van der Waals surface area (Å²) in [5, 5.41) is 8.36. The first-order valence-electron chi connectivity index (χ1n) is 22.4. The fraction of sp³-hybridized carbons (Fsp3) is 0.0476. The van der Waals surface area contributed by atoms with Crippen molar-refractivity contribution in [3.05, 3.63) is 241 Å². The van der Waals surface area contributed by atoms with E-state index in [1.165, 1.54) is 66.1 Å². The van der Waals surface area contributed by atoms with Gasteiger partial charge in [-0.2, -0.15) is 0 Å². The van der Waals surface area contributed by atoms with E-state index in [0.29, 0.717) is 0 Å². The van der Waals surface area contributed by atoms with Crippen LogP contribution in [0.3, 0.4) is 0 Å². The van der Waals surface area contributed by atoms with E-state index in [9.17, 15) is 0 Å². The van der Waals surface area contributed by atoms with Crippen molar-refractivity contribution in [3.8, 4) is 33.4 Å². The average Bonchev–Trinajstić information content (AvgIpc) is 3.85. The first-order chi connectivity index (χ1) is 31.9. The fourth-order valence-electron chi connectivity index (χ4n) is 10.5. The highest BCUT2D eigenvalue weighted by Gasteiger charge is 2.37. The fourth-order valence-corrected chi connectivity index (χ4v) is 10.5. The zero-order valence-corrected chi connectivity index (χ0v) is 36.4. The van der Waals surface area contributed by atoms with E-state index >= 15 is 0 Å². The minimum atomic E-state index is -0.113. The number of anilines is 3. The normalized spacial score (nSPS) is 12.9. The molecule has 1 aliphatic carbocycles. The first kappa shape index (κ1) is 38.5. The molecule has 308 valence electrons. The molecule has 0 atom stereocenters. The van der Waals surface area contributed by atoms with Crippen LogP contribution in [0.4, 0.5) is 17.1 Å². The Kier molecular flexibility index (Phi) is 9.03. The van der Waals surface area contributed by atoms with Crippen molar-refractivity contribution in [1.29, 1.82) is 0 Å². The van der Waals surface area contributed by atoms with Crippen LogP contribution in [0.25, 0.3) is 94.9 Å². The van der Waals surface area contributed by atoms with Gasteiger partial charge in [0.2, 0.25) is 0 Å². The third-order valence-corrected chi connectivity index (χ3v) is 13.7. The van der Waals surface area contributed by atoms with Gasteiger partial charge in [0.15, 0.2) is 0 Å². The Morgan fingerprint density at radius 3 is 1.85 bits per heavy atom. The molecular weight excluding hydrogens is 787 g/mol. The van der Waals surface area contributed by atoms with Gasteiger partial charge in [0.05, 0.1) is 5.69 Å². The molecule has 1 heterocycles. The number of rotatable bonds is 8. The van der Waals surface area contributed by atoms with E-state index in [2.05, 4.69) is 244 Å². The topological polar surface area (TPSA) is 16.4 Å². The summed E-state index contributed by atoms with van der Waals surface area (Å²) in [6, 6.07) is 75.0. The van der Waals surface area contributed by atoms with Crippen LogP contribution >= 0.6 is 0 Å². The maximum Gasteiger partial charge on any atom is 0.143 e. The Morgan fingerprint density at radius 2 is 1.05 bits per heavy atom. The monoisotopic (exact) mass is 831 g/mol. The molecule has 12 rings (SSSR count). The van der Waals surface area contributed by atoms with Gasteiger partial charge in [0, 0.05) is 33.1 Å². The van der Waals surface area contributed by atoms with Gasteiger partial charge in [-0.05, 0) is 132 Å². The van der Waals surface area contributed by atoms with Gasteiger partial charge in [0.1, 0.15) is 11.3 Å². The van der Waals surface area contributed by atoms with Crippen molar-refractivity contribution < 1.29 is 4.42 Å². The Morgan fingerprint density at radius 1 is 0.462 bits per heavy atom. The molecule has 2 heteroatoms. The molecule has 65 heavy (non-hydrogen) atoms. The summed E-state index contributed by atoms with van der Waals surface area (Å²) in [6.45, 7) is 8.85. The molecular formula is C63H45NO. The van der Waals surface area contributed by atoms with Gasteiger partial charge in [-0.25, -0.2) is 0 Å². The quantitative estimate of drug-likeness (QED) is 0.142. The van der Waals surface area contributed by atoms with Crippen molar-refractivity contribution in [3.63, 3.8) is 0 Å². The number of hydrogen-bond acceptors (Lipinski definition) is 2. The van der Waals surface area contributed by atoms with Crippen molar-refractivity contribution in [2.75, 3.05) is 4.90 Å². The Balaban J connectivity index is 0.964. The van der Waals surface area contributed by atoms with Gasteiger partial charge in [-0.3, -0.25) is 0 Å². The maximum absolute atomic E-state index is 6.48. The lowest BCUT2D eigenvalue weighted by Crippen LogP contribution is -2.16. The van der Waals surface area contributed by atoms with Gasteiger partial charge in [0.25, 0.3) is 0 Å². The molecule has 1 aliphatic rings. The third kappa shape index (κ3) is 6.32. The molecule has 2 nitrogen and oxygen atoms in total. The van der Waals surface area contributed by atoms with Gasteiger partial charge >= 0.3 is 0 Å². The molecule has 1 aromatic heterocycles. The van der Waals surface area contributed by atoms with Gasteiger partial charge < -0.3 is 9.32 Å². The summed E-state index contributed by atoms with van der Waals surface area (Å²) >= 11 is 0. The highest BCUT2D eigenvalue weighted by atomic mass is 16.3. The van der Waals surface area contributed by atoms with E-state index in [0.717, 1.165) is 55.7 Å². The van der Waals surface area contributed by atoms with Crippen molar-refractivity contribution >= 4 is 78.6 Å². The summed E-state index contributed by atoms with van der Waals surface area (Å²) in [5.74, 6) is 0.758. The number of hydrogen-bond donors (Lipinski definition) is 0. The summed E-state index contributed by atoms with van der Waals surface area (Å²) in [4.78, 5) is 2.38. The van der Waals surface area contributed by atoms with E-state index in [1.807, 2.05) is 6.08 Å². The van der Waals surface area contributed by atoms with Crippen LogP contribution in [0.15, 0.2) is 217 Å². The van der Waals surface area contributed by atoms with Crippen molar-refractivity contribution in [2.24, 2.45) is 0 Å². The number of furan rings is 1. The van der Waals surface area contributed by atoms with E-state index in [-0.39, 0.29) is 5.41 Å². The molecule has 10 aromatic carbocycles. The summed E-state index contributed by atoms with van der Waals surface area (Å²) in [6.07, 6.45) is 6.21. The lowest BCUT2D eigenvalue weighted by Gasteiger charge is -2.28. The first-order valence-corrected chi connectivity index (χ1v) is 22.4. The van der Waals surface area contributed by atoms with Crippen LogP contribution in [0.5, 0.6) is 0 Å². The van der Waals surface area contributed by atoms with Crippen molar-refractivity contribution in [2.45, 2.75) is 19.3 Å². The maximum atomic E-state index is 6.48. The second kappa shape index (κ2) is 15.3. The molecule has 0 aliphatic heterocycles. The smallest absolute Gasteiger partial charge is 0.143 e. The largest absolute Gasteiger partial charge is 0.455 e. The lowest BCUT2D eigenvalue weighted by molar-refractivity contribution is 0.607. The summed E-state index contributed by atoms with van der Waals surface area (Å²) in [5.41, 5.74) is 16.3. The predicted molar refractivity (Wildman–Crippen MR) is 277 cm³/mol. The average molecular weight is 832 g/mol. The van der Waals surface area contributed by atoms with Crippen LogP contribution in [-0.2, 0) is 5.41 Å². The molecule has 0 radical (unpaired) electrons. The van der Waals surface area contributed by atoms with Crippen LogP contribution in [0.2, 0.25) is 0 Å². The number of nitrogens with zero attached hydrogens (tertiary/aromatic N) is 1. The molecule has 0 saturated heterocycles. The number of benzene rings is 10. The highest BCUT2D eigenvalue weighted by molar-refractivity contribution is 6.10. The molecule has 0 saturated carbocycles. The van der Waals surface area contributed by atoms with E-state index < -0.39 is 0 Å². The molecule has 0 amide bonds. The van der Waals surface area contributed by atoms with Crippen LogP contribution in [0, 0.1) is 0 Å². The highest BCUT2D eigenvalue weighted by Crippen LogP contribution is 2.52. The molecule has 0 unspecified atom stereocenters. The van der Waals surface area contributed by atoms with Gasteiger partial charge in [-0.1, -0.05) is 190 Å². The predicted octanol–water partition coefficient (Wildman–Crippen LogP) is 17.8. The van der Waals surface area contributed by atoms with Crippen LogP contribution in [-0.4, -0.2) is 0 Å². The SMILES string of the molecule is C=Cc1oc2c(ccc3ccccc32)c1/C=C/c1ccccc1N(c1ccc(-c2ccc3c(ccc4ccccc43)c2)cc1)c1ccc(-c2cccc3c2C(C)(C)c2ccccc2-3)cc1. The summed E-state index contributed by atoms with van der Waals surface area (Å²) < 4.78 is 6.48. The van der Waals surface area contributed by atoms with Crippen LogP contribution in [0.1, 0.15) is 41.9 Å². The molecule has 0 fully saturated rings. The third-order valence-electron chi connectivity index (χ3n) is 13.7. The summed E-state index contributed by atoms with van der Waals surface area (Å²) in [7, 11) is 0. The van der Waals surface area contributed by atoms with Crippen LogP contribution < -0.4 is 4.90 Å². The van der Waals surface area contributed by atoms with E-state index in [1.54, 1.807) is 0 Å². The zero-order chi connectivity index (χ0) is 43.6. The standard InChI is InChI=1S/C63H45NO/c1-4-60-55(57-39-30-43-15-6-9-18-53(43)62(57)65-60)38-31-45-16-7-12-23-59(45)64(48-33-26-41(27-34-48)46-32-37-51-47(40-46)25-24-42-14-5-8-17-50(42)51)49-35-28-44(29-36-49)52-20-13-21-56-54-19-10-11-22-58(54)63(2,3)61(52)56/h4-40H,1H2,2-3H3/b38-31+. The minimum absolute atomic E-state index is 0.113. The molecule has 0 N–H and O–H groups in total. The second-order valence-corrected chi connectivity index (χ2v) is 17.7. The Bertz CT molecular complexity index is 3700. The minimum Gasteiger partial charge on any atom is -0.455 e. The molecule has 11 aromatic rings. The number of fused-ring (bicyclic) bond motifs is 9.